The summed E-state index contributed by atoms with van der Waals surface area (Å²) >= 11 is 0. The molecular weight excluding hydrogens is 214 g/mol. The van der Waals surface area contributed by atoms with Gasteiger partial charge in [-0.15, -0.1) is 0 Å². The molecule has 0 aliphatic rings. The Bertz CT molecular complexity index is 537. The lowest BCUT2D eigenvalue weighted by Crippen LogP contribution is -1.99. The SMILES string of the molecule is CCCc1c(-c2cc(C)oc2C)nn(C)c1N. The van der Waals surface area contributed by atoms with E-state index < -0.39 is 0 Å². The lowest BCUT2D eigenvalue weighted by atomic mass is 10.0. The van der Waals surface area contributed by atoms with Crippen molar-refractivity contribution in [2.24, 2.45) is 7.05 Å². The van der Waals surface area contributed by atoms with Crippen LogP contribution in [0.1, 0.15) is 30.4 Å². The van der Waals surface area contributed by atoms with Crippen LogP contribution in [-0.2, 0) is 13.5 Å². The summed E-state index contributed by atoms with van der Waals surface area (Å²) in [5, 5.41) is 4.50. The van der Waals surface area contributed by atoms with Crippen molar-refractivity contribution in [2.75, 3.05) is 5.73 Å². The molecule has 2 N–H and O–H groups in total. The zero-order valence-electron chi connectivity index (χ0n) is 10.9. The Labute approximate surface area is 101 Å². The van der Waals surface area contributed by atoms with Gasteiger partial charge in [0.15, 0.2) is 0 Å². The number of furan rings is 1. The Morgan fingerprint density at radius 3 is 2.65 bits per heavy atom. The predicted molar refractivity (Wildman–Crippen MR) is 68.8 cm³/mol. The van der Waals surface area contributed by atoms with Gasteiger partial charge in [0, 0.05) is 18.2 Å². The predicted octanol–water partition coefficient (Wildman–Crippen LogP) is 2.83. The highest BCUT2D eigenvalue weighted by molar-refractivity contribution is 5.70. The van der Waals surface area contributed by atoms with Crippen molar-refractivity contribution in [2.45, 2.75) is 33.6 Å². The van der Waals surface area contributed by atoms with E-state index in [9.17, 15) is 0 Å². The maximum atomic E-state index is 6.05. The van der Waals surface area contributed by atoms with Crippen LogP contribution in [0.4, 0.5) is 5.82 Å². The first-order chi connectivity index (χ1) is 8.04. The molecule has 2 rings (SSSR count). The van der Waals surface area contributed by atoms with Gasteiger partial charge in [-0.1, -0.05) is 13.3 Å². The first kappa shape index (κ1) is 11.8. The van der Waals surface area contributed by atoms with Gasteiger partial charge in [0.2, 0.25) is 0 Å². The number of hydrogen-bond acceptors (Lipinski definition) is 3. The fourth-order valence-corrected chi connectivity index (χ4v) is 2.16. The van der Waals surface area contributed by atoms with E-state index in [4.69, 9.17) is 10.2 Å². The second-order valence-electron chi connectivity index (χ2n) is 4.41. The summed E-state index contributed by atoms with van der Waals surface area (Å²) in [5.41, 5.74) is 9.19. The van der Waals surface area contributed by atoms with Crippen LogP contribution in [-0.4, -0.2) is 9.78 Å². The van der Waals surface area contributed by atoms with Gasteiger partial charge < -0.3 is 10.2 Å². The first-order valence-electron chi connectivity index (χ1n) is 5.93. The molecule has 0 spiro atoms. The lowest BCUT2D eigenvalue weighted by Gasteiger charge is -2.00. The average molecular weight is 233 g/mol. The quantitative estimate of drug-likeness (QED) is 0.886. The Kier molecular flexibility index (Phi) is 2.96. The lowest BCUT2D eigenvalue weighted by molar-refractivity contribution is 0.505. The molecule has 4 heteroatoms. The number of nitrogen functional groups attached to an aromatic ring is 1. The number of anilines is 1. The summed E-state index contributed by atoms with van der Waals surface area (Å²) < 4.78 is 7.30. The Hall–Kier alpha value is -1.71. The van der Waals surface area contributed by atoms with E-state index >= 15 is 0 Å². The van der Waals surface area contributed by atoms with Crippen molar-refractivity contribution in [1.29, 1.82) is 0 Å². The van der Waals surface area contributed by atoms with Crippen molar-refractivity contribution < 1.29 is 4.42 Å². The van der Waals surface area contributed by atoms with Crippen LogP contribution in [0.5, 0.6) is 0 Å². The monoisotopic (exact) mass is 233 g/mol. The minimum absolute atomic E-state index is 0.750. The third-order valence-corrected chi connectivity index (χ3v) is 2.99. The maximum absolute atomic E-state index is 6.05. The summed E-state index contributed by atoms with van der Waals surface area (Å²) in [6, 6.07) is 2.02. The molecule has 92 valence electrons. The summed E-state index contributed by atoms with van der Waals surface area (Å²) in [6.07, 6.45) is 2.00. The number of hydrogen-bond donors (Lipinski definition) is 1. The van der Waals surface area contributed by atoms with E-state index in [2.05, 4.69) is 12.0 Å². The first-order valence-corrected chi connectivity index (χ1v) is 5.93. The molecule has 0 aromatic carbocycles. The highest BCUT2D eigenvalue weighted by atomic mass is 16.3. The molecule has 0 saturated heterocycles. The molecule has 0 fully saturated rings. The second kappa shape index (κ2) is 4.28. The average Bonchev–Trinajstić information content (AvgIpc) is 2.73. The van der Waals surface area contributed by atoms with E-state index in [1.807, 2.05) is 27.0 Å². The molecule has 0 amide bonds. The summed E-state index contributed by atoms with van der Waals surface area (Å²) in [4.78, 5) is 0. The molecule has 17 heavy (non-hydrogen) atoms. The fourth-order valence-electron chi connectivity index (χ4n) is 2.16. The largest absolute Gasteiger partial charge is 0.466 e. The van der Waals surface area contributed by atoms with Crippen LogP contribution in [0.3, 0.4) is 0 Å². The van der Waals surface area contributed by atoms with Crippen molar-refractivity contribution in [3.63, 3.8) is 0 Å². The summed E-state index contributed by atoms with van der Waals surface area (Å²) in [7, 11) is 1.88. The third kappa shape index (κ3) is 1.95. The number of nitrogens with two attached hydrogens (primary N) is 1. The molecule has 2 heterocycles. The molecule has 0 unspecified atom stereocenters. The fraction of sp³-hybridized carbons (Fsp3) is 0.462. The second-order valence-corrected chi connectivity index (χ2v) is 4.41. The van der Waals surface area contributed by atoms with Gasteiger partial charge >= 0.3 is 0 Å². The normalized spacial score (nSPS) is 11.1. The van der Waals surface area contributed by atoms with E-state index in [1.54, 1.807) is 4.68 Å². The van der Waals surface area contributed by atoms with Crippen LogP contribution >= 0.6 is 0 Å². The molecule has 0 atom stereocenters. The molecule has 0 aliphatic heterocycles. The highest BCUT2D eigenvalue weighted by Gasteiger charge is 2.18. The number of nitrogens with zero attached hydrogens (tertiary/aromatic N) is 2. The van der Waals surface area contributed by atoms with Gasteiger partial charge in [0.05, 0.1) is 0 Å². The minimum atomic E-state index is 0.750. The summed E-state index contributed by atoms with van der Waals surface area (Å²) in [5.74, 6) is 2.56. The van der Waals surface area contributed by atoms with E-state index in [-0.39, 0.29) is 0 Å². The van der Waals surface area contributed by atoms with E-state index in [0.717, 1.165) is 47.0 Å². The maximum Gasteiger partial charge on any atom is 0.125 e. The van der Waals surface area contributed by atoms with Gasteiger partial charge in [-0.2, -0.15) is 5.10 Å². The van der Waals surface area contributed by atoms with E-state index in [1.165, 1.54) is 0 Å². The van der Waals surface area contributed by atoms with Gasteiger partial charge in [-0.3, -0.25) is 4.68 Å². The Balaban J connectivity index is 2.58. The number of aryl methyl sites for hydroxylation is 3. The molecule has 0 bridgehead atoms. The van der Waals surface area contributed by atoms with Crippen LogP contribution in [0.2, 0.25) is 0 Å². The third-order valence-electron chi connectivity index (χ3n) is 2.99. The van der Waals surface area contributed by atoms with Crippen molar-refractivity contribution in [1.82, 2.24) is 9.78 Å². The van der Waals surface area contributed by atoms with Crippen LogP contribution < -0.4 is 5.73 Å². The Morgan fingerprint density at radius 1 is 1.41 bits per heavy atom. The number of rotatable bonds is 3. The van der Waals surface area contributed by atoms with Gasteiger partial charge in [-0.05, 0) is 26.3 Å². The molecule has 2 aromatic rings. The minimum Gasteiger partial charge on any atom is -0.466 e. The molecule has 0 saturated carbocycles. The van der Waals surface area contributed by atoms with Gasteiger partial charge in [0.1, 0.15) is 23.0 Å². The molecule has 4 nitrogen and oxygen atoms in total. The van der Waals surface area contributed by atoms with Crippen molar-refractivity contribution in [3.8, 4) is 11.3 Å². The van der Waals surface area contributed by atoms with Gasteiger partial charge in [-0.25, -0.2) is 0 Å². The van der Waals surface area contributed by atoms with Crippen molar-refractivity contribution >= 4 is 5.82 Å². The topological polar surface area (TPSA) is 57.0 Å². The smallest absolute Gasteiger partial charge is 0.125 e. The molecule has 0 aliphatic carbocycles. The van der Waals surface area contributed by atoms with Gasteiger partial charge in [0.25, 0.3) is 0 Å². The number of aromatic nitrogens is 2. The summed E-state index contributed by atoms with van der Waals surface area (Å²) in [6.45, 7) is 6.05. The van der Waals surface area contributed by atoms with Crippen LogP contribution in [0, 0.1) is 13.8 Å². The van der Waals surface area contributed by atoms with Crippen LogP contribution in [0.25, 0.3) is 11.3 Å². The Morgan fingerprint density at radius 2 is 2.12 bits per heavy atom. The standard InChI is InChI=1S/C13H19N3O/c1-5-6-10-12(15-16(4)13(10)14)11-7-8(2)17-9(11)3/h7H,5-6,14H2,1-4H3. The van der Waals surface area contributed by atoms with E-state index in [0.29, 0.717) is 0 Å². The zero-order valence-corrected chi connectivity index (χ0v) is 10.9. The molecular formula is C13H19N3O. The molecule has 2 aromatic heterocycles. The highest BCUT2D eigenvalue weighted by Crippen LogP contribution is 2.31. The van der Waals surface area contributed by atoms with Crippen molar-refractivity contribution in [3.05, 3.63) is 23.2 Å². The van der Waals surface area contributed by atoms with Crippen LogP contribution in [0.15, 0.2) is 10.5 Å². The zero-order chi connectivity index (χ0) is 12.6. The molecule has 0 radical (unpaired) electrons.